The summed E-state index contributed by atoms with van der Waals surface area (Å²) in [6.07, 6.45) is 0.214. The van der Waals surface area contributed by atoms with E-state index >= 15 is 0 Å². The Morgan fingerprint density at radius 1 is 1.10 bits per heavy atom. The largest absolute Gasteiger partial charge is 0.354 e. The lowest BCUT2D eigenvalue weighted by molar-refractivity contribution is -0.120. The average molecular weight is 425 g/mol. The molecule has 1 N–H and O–H groups in total. The highest BCUT2D eigenvalue weighted by Crippen LogP contribution is 2.19. The second-order valence-electron chi connectivity index (χ2n) is 8.02. The van der Waals surface area contributed by atoms with Crippen LogP contribution in [0.4, 0.5) is 4.39 Å². The molecule has 3 rings (SSSR count). The predicted molar refractivity (Wildman–Crippen MR) is 118 cm³/mol. The van der Waals surface area contributed by atoms with Crippen LogP contribution in [0.15, 0.2) is 30.3 Å². The monoisotopic (exact) mass is 424 g/mol. The van der Waals surface area contributed by atoms with Crippen LogP contribution in [0.3, 0.4) is 0 Å². The van der Waals surface area contributed by atoms with Crippen molar-refractivity contribution in [3.63, 3.8) is 0 Å². The molecule has 0 spiro atoms. The molecule has 3 aromatic rings. The van der Waals surface area contributed by atoms with Gasteiger partial charge >= 0.3 is 0 Å². The SMILES string of the molecule is Cc1cc(C)nc(-n2nc(C)c(CC(=O)NCC(c3ccc(F)cc3)N(C)C)c2C)n1. The molecule has 0 saturated carbocycles. The quantitative estimate of drug-likeness (QED) is 0.631. The van der Waals surface area contributed by atoms with E-state index in [0.717, 1.165) is 33.9 Å². The second-order valence-corrected chi connectivity index (χ2v) is 8.02. The molecule has 0 bridgehead atoms. The Morgan fingerprint density at radius 2 is 1.71 bits per heavy atom. The second kappa shape index (κ2) is 9.34. The van der Waals surface area contributed by atoms with Gasteiger partial charge in [0.25, 0.3) is 5.95 Å². The van der Waals surface area contributed by atoms with Gasteiger partial charge in [-0.3, -0.25) is 4.79 Å². The van der Waals surface area contributed by atoms with Gasteiger partial charge in [0, 0.05) is 29.2 Å². The first-order valence-electron chi connectivity index (χ1n) is 10.2. The Labute approximate surface area is 182 Å². The van der Waals surface area contributed by atoms with Gasteiger partial charge < -0.3 is 10.2 Å². The van der Waals surface area contributed by atoms with E-state index in [4.69, 9.17) is 0 Å². The summed E-state index contributed by atoms with van der Waals surface area (Å²) < 4.78 is 14.9. The summed E-state index contributed by atoms with van der Waals surface area (Å²) in [5.41, 5.74) is 5.16. The Bertz CT molecular complexity index is 1050. The minimum absolute atomic E-state index is 0.0573. The zero-order valence-electron chi connectivity index (χ0n) is 18.9. The van der Waals surface area contributed by atoms with Gasteiger partial charge in [-0.05, 0) is 65.6 Å². The molecule has 7 nitrogen and oxygen atoms in total. The molecule has 164 valence electrons. The van der Waals surface area contributed by atoms with Crippen LogP contribution in [0, 0.1) is 33.5 Å². The number of halogens is 1. The number of likely N-dealkylation sites (N-methyl/N-ethyl adjacent to an activating group) is 1. The molecule has 0 saturated heterocycles. The van der Waals surface area contributed by atoms with E-state index in [-0.39, 0.29) is 24.2 Å². The molecule has 2 aromatic heterocycles. The highest BCUT2D eigenvalue weighted by molar-refractivity contribution is 5.79. The fraction of sp³-hybridized carbons (Fsp3) is 0.391. The number of rotatable bonds is 7. The molecular weight excluding hydrogens is 395 g/mol. The third-order valence-electron chi connectivity index (χ3n) is 5.31. The molecule has 0 fully saturated rings. The van der Waals surface area contributed by atoms with Gasteiger partial charge in [-0.2, -0.15) is 5.10 Å². The molecule has 1 amide bonds. The van der Waals surface area contributed by atoms with Crippen LogP contribution in [0.1, 0.15) is 39.9 Å². The fourth-order valence-electron chi connectivity index (χ4n) is 3.64. The van der Waals surface area contributed by atoms with Crippen molar-refractivity contribution in [3.05, 3.63) is 70.1 Å². The van der Waals surface area contributed by atoms with Gasteiger partial charge in [-0.15, -0.1) is 0 Å². The molecule has 31 heavy (non-hydrogen) atoms. The van der Waals surface area contributed by atoms with Crippen molar-refractivity contribution >= 4 is 5.91 Å². The number of benzene rings is 1. The summed E-state index contributed by atoms with van der Waals surface area (Å²) in [6, 6.07) is 8.21. The highest BCUT2D eigenvalue weighted by Gasteiger charge is 2.19. The van der Waals surface area contributed by atoms with Crippen LogP contribution in [-0.4, -0.2) is 51.2 Å². The maximum absolute atomic E-state index is 13.3. The first-order chi connectivity index (χ1) is 14.7. The smallest absolute Gasteiger partial charge is 0.251 e. The Kier molecular flexibility index (Phi) is 6.80. The number of nitrogens with one attached hydrogen (secondary N) is 1. The third-order valence-corrected chi connectivity index (χ3v) is 5.31. The van der Waals surface area contributed by atoms with Crippen LogP contribution < -0.4 is 5.32 Å². The number of hydrogen-bond acceptors (Lipinski definition) is 5. The lowest BCUT2D eigenvalue weighted by Crippen LogP contribution is -2.35. The number of nitrogens with zero attached hydrogens (tertiary/aromatic N) is 5. The van der Waals surface area contributed by atoms with E-state index in [1.807, 2.05) is 52.8 Å². The van der Waals surface area contributed by atoms with E-state index in [2.05, 4.69) is 20.4 Å². The minimum Gasteiger partial charge on any atom is -0.354 e. The van der Waals surface area contributed by atoms with Crippen molar-refractivity contribution in [1.82, 2.24) is 30.0 Å². The predicted octanol–water partition coefficient (Wildman–Crippen LogP) is 3.00. The first-order valence-corrected chi connectivity index (χ1v) is 10.2. The van der Waals surface area contributed by atoms with Gasteiger partial charge in [0.05, 0.1) is 18.2 Å². The number of aromatic nitrogens is 4. The fourth-order valence-corrected chi connectivity index (χ4v) is 3.64. The van der Waals surface area contributed by atoms with Gasteiger partial charge in [0.2, 0.25) is 5.91 Å². The van der Waals surface area contributed by atoms with Crippen molar-refractivity contribution < 1.29 is 9.18 Å². The minimum atomic E-state index is -0.277. The molecule has 2 heterocycles. The summed E-state index contributed by atoms with van der Waals surface area (Å²) in [5.74, 6) is 0.135. The summed E-state index contributed by atoms with van der Waals surface area (Å²) >= 11 is 0. The number of amides is 1. The number of hydrogen-bond donors (Lipinski definition) is 1. The van der Waals surface area contributed by atoms with E-state index in [9.17, 15) is 9.18 Å². The van der Waals surface area contributed by atoms with E-state index < -0.39 is 0 Å². The van der Waals surface area contributed by atoms with Crippen molar-refractivity contribution in [3.8, 4) is 5.95 Å². The number of carbonyl (C=O) groups is 1. The molecule has 0 aliphatic carbocycles. The maximum Gasteiger partial charge on any atom is 0.251 e. The standard InChI is InChI=1S/C23H29FN6O/c1-14-11-15(2)27-23(26-14)30-17(4)20(16(3)28-30)12-22(31)25-13-21(29(5)6)18-7-9-19(24)10-8-18/h7-11,21H,12-13H2,1-6H3,(H,25,31). The maximum atomic E-state index is 13.3. The lowest BCUT2D eigenvalue weighted by atomic mass is 10.1. The van der Waals surface area contributed by atoms with Gasteiger partial charge in [-0.25, -0.2) is 19.0 Å². The summed E-state index contributed by atoms with van der Waals surface area (Å²) in [4.78, 5) is 23.7. The van der Waals surface area contributed by atoms with Crippen molar-refractivity contribution in [2.75, 3.05) is 20.6 Å². The molecular formula is C23H29FN6O. The Balaban J connectivity index is 1.73. The van der Waals surface area contributed by atoms with Gasteiger partial charge in [0.1, 0.15) is 5.82 Å². The Hall–Kier alpha value is -3.13. The topological polar surface area (TPSA) is 75.9 Å². The first kappa shape index (κ1) is 22.6. The van der Waals surface area contributed by atoms with Crippen LogP contribution in [-0.2, 0) is 11.2 Å². The molecule has 8 heteroatoms. The van der Waals surface area contributed by atoms with Gasteiger partial charge in [0.15, 0.2) is 0 Å². The molecule has 1 aromatic carbocycles. The van der Waals surface area contributed by atoms with Crippen LogP contribution in [0.5, 0.6) is 0 Å². The average Bonchev–Trinajstić information content (AvgIpc) is 2.97. The zero-order valence-corrected chi connectivity index (χ0v) is 18.9. The van der Waals surface area contributed by atoms with E-state index in [1.54, 1.807) is 16.8 Å². The van der Waals surface area contributed by atoms with Crippen molar-refractivity contribution in [2.45, 2.75) is 40.2 Å². The Morgan fingerprint density at radius 3 is 2.29 bits per heavy atom. The zero-order chi connectivity index (χ0) is 22.7. The molecule has 0 aliphatic rings. The third kappa shape index (κ3) is 5.32. The van der Waals surface area contributed by atoms with Crippen LogP contribution >= 0.6 is 0 Å². The van der Waals surface area contributed by atoms with Crippen molar-refractivity contribution in [1.29, 1.82) is 0 Å². The van der Waals surface area contributed by atoms with Crippen LogP contribution in [0.2, 0.25) is 0 Å². The van der Waals surface area contributed by atoms with Crippen molar-refractivity contribution in [2.24, 2.45) is 0 Å². The molecule has 0 radical (unpaired) electrons. The lowest BCUT2D eigenvalue weighted by Gasteiger charge is -2.25. The number of aryl methyl sites for hydroxylation is 3. The van der Waals surface area contributed by atoms with Gasteiger partial charge in [-0.1, -0.05) is 12.1 Å². The van der Waals surface area contributed by atoms with E-state index in [1.165, 1.54) is 12.1 Å². The normalized spacial score (nSPS) is 12.3. The highest BCUT2D eigenvalue weighted by atomic mass is 19.1. The van der Waals surface area contributed by atoms with Crippen LogP contribution in [0.25, 0.3) is 5.95 Å². The summed E-state index contributed by atoms with van der Waals surface area (Å²) in [6.45, 7) is 8.06. The van der Waals surface area contributed by atoms with E-state index in [0.29, 0.717) is 12.5 Å². The number of carbonyl (C=O) groups excluding carboxylic acids is 1. The summed E-state index contributed by atoms with van der Waals surface area (Å²) in [5, 5.41) is 7.57. The summed E-state index contributed by atoms with van der Waals surface area (Å²) in [7, 11) is 3.87. The molecule has 1 unspecified atom stereocenters. The molecule has 1 atom stereocenters. The molecule has 0 aliphatic heterocycles.